The predicted octanol–water partition coefficient (Wildman–Crippen LogP) is 7.47. The van der Waals surface area contributed by atoms with E-state index in [1.54, 1.807) is 29.2 Å². The number of aromatic amines is 1. The molecule has 1 aliphatic carbocycles. The summed E-state index contributed by atoms with van der Waals surface area (Å²) in [5, 5.41) is -3.46. The van der Waals surface area contributed by atoms with Crippen LogP contribution in [0.15, 0.2) is 51.0 Å². The molecule has 232 valence electrons. The Hall–Kier alpha value is -2.99. The van der Waals surface area contributed by atoms with Crippen molar-refractivity contribution < 1.29 is 23.1 Å². The Kier molecular flexibility index (Phi) is 8.28. The molecular weight excluding hydrogens is 657 g/mol. The van der Waals surface area contributed by atoms with Gasteiger partial charge in [-0.2, -0.15) is 8.78 Å². The highest BCUT2D eigenvalue weighted by atomic mass is 35.5. The SMILES string of the molecule is COc1cc2c(cc1N1C(=O)N(C3CC3)CCC1C)CN(C(=O)c1c(Sc3c(Cl)cccc3Cl)cc(C(F)(F)Cl)[nH]c1=O)C2. The van der Waals surface area contributed by atoms with E-state index in [4.69, 9.17) is 39.5 Å². The van der Waals surface area contributed by atoms with Gasteiger partial charge in [0, 0.05) is 41.5 Å². The topological polar surface area (TPSA) is 85.9 Å². The normalized spacial score (nSPS) is 18.6. The first-order valence-corrected chi connectivity index (χ1v) is 15.9. The highest BCUT2D eigenvalue weighted by Gasteiger charge is 2.41. The minimum absolute atomic E-state index is 0.0584. The van der Waals surface area contributed by atoms with Crippen LogP contribution >= 0.6 is 46.6 Å². The smallest absolute Gasteiger partial charge is 0.362 e. The molecule has 2 aliphatic heterocycles. The van der Waals surface area contributed by atoms with E-state index >= 15 is 0 Å². The Bertz CT molecular complexity index is 1710. The van der Waals surface area contributed by atoms with E-state index in [1.165, 1.54) is 12.0 Å². The third-order valence-electron chi connectivity index (χ3n) is 8.09. The molecule has 1 N–H and O–H groups in total. The van der Waals surface area contributed by atoms with Crippen molar-refractivity contribution in [1.29, 1.82) is 0 Å². The molecule has 3 aromatic rings. The van der Waals surface area contributed by atoms with Crippen molar-refractivity contribution >= 4 is 64.2 Å². The number of nitrogens with one attached hydrogen (secondary N) is 1. The van der Waals surface area contributed by atoms with Crippen LogP contribution in [0.4, 0.5) is 19.3 Å². The summed E-state index contributed by atoms with van der Waals surface area (Å²) in [4.78, 5) is 48.1. The lowest BCUT2D eigenvalue weighted by Gasteiger charge is -2.40. The Morgan fingerprint density at radius 1 is 1.07 bits per heavy atom. The van der Waals surface area contributed by atoms with Crippen molar-refractivity contribution in [3.05, 3.63) is 79.2 Å². The van der Waals surface area contributed by atoms with E-state index in [0.717, 1.165) is 48.2 Å². The van der Waals surface area contributed by atoms with Crippen LogP contribution in [0.1, 0.15) is 53.4 Å². The lowest BCUT2D eigenvalue weighted by atomic mass is 10.0. The van der Waals surface area contributed by atoms with Crippen LogP contribution in [0, 0.1) is 0 Å². The maximum Gasteiger partial charge on any atom is 0.362 e. The molecule has 2 aromatic carbocycles. The van der Waals surface area contributed by atoms with Crippen molar-refractivity contribution in [1.82, 2.24) is 14.8 Å². The number of ether oxygens (including phenoxy) is 1. The van der Waals surface area contributed by atoms with Crippen LogP contribution in [0.5, 0.6) is 5.75 Å². The van der Waals surface area contributed by atoms with E-state index in [0.29, 0.717) is 22.9 Å². The van der Waals surface area contributed by atoms with Crippen molar-refractivity contribution in [2.45, 2.75) is 66.5 Å². The summed E-state index contributed by atoms with van der Waals surface area (Å²) < 4.78 is 33.9. The highest BCUT2D eigenvalue weighted by molar-refractivity contribution is 7.99. The Morgan fingerprint density at radius 3 is 2.34 bits per heavy atom. The maximum absolute atomic E-state index is 14.1. The number of methoxy groups -OCH3 is 1. The zero-order chi connectivity index (χ0) is 31.5. The second-order valence-electron chi connectivity index (χ2n) is 11.1. The largest absolute Gasteiger partial charge is 0.495 e. The van der Waals surface area contributed by atoms with Gasteiger partial charge < -0.3 is 19.5 Å². The molecule has 1 aromatic heterocycles. The fourth-order valence-corrected chi connectivity index (χ4v) is 7.41. The number of H-pyrrole nitrogens is 1. The van der Waals surface area contributed by atoms with Gasteiger partial charge in [0.2, 0.25) is 0 Å². The number of pyridine rings is 1. The fourth-order valence-electron chi connectivity index (χ4n) is 5.67. The van der Waals surface area contributed by atoms with E-state index in [1.807, 2.05) is 17.9 Å². The zero-order valence-corrected chi connectivity index (χ0v) is 26.7. The van der Waals surface area contributed by atoms with Gasteiger partial charge in [0.05, 0.1) is 22.8 Å². The molecule has 8 nitrogen and oxygen atoms in total. The summed E-state index contributed by atoms with van der Waals surface area (Å²) in [6, 6.07) is 9.48. The number of aromatic nitrogens is 1. The first kappa shape index (κ1) is 31.0. The first-order valence-electron chi connectivity index (χ1n) is 13.9. The molecule has 0 spiro atoms. The van der Waals surface area contributed by atoms with Gasteiger partial charge in [-0.25, -0.2) is 4.79 Å². The van der Waals surface area contributed by atoms with Gasteiger partial charge in [0.1, 0.15) is 17.0 Å². The summed E-state index contributed by atoms with van der Waals surface area (Å²) in [6.45, 7) is 2.96. The number of benzene rings is 2. The number of nitrogens with zero attached hydrogens (tertiary/aromatic N) is 3. The number of carbonyl (C=O) groups is 2. The summed E-state index contributed by atoms with van der Waals surface area (Å²) in [6.07, 6.45) is 2.80. The van der Waals surface area contributed by atoms with Crippen LogP contribution in [-0.2, 0) is 18.5 Å². The van der Waals surface area contributed by atoms with Gasteiger partial charge in [-0.05, 0) is 79.2 Å². The maximum atomic E-state index is 14.1. The van der Waals surface area contributed by atoms with Gasteiger partial charge in [0.15, 0.2) is 0 Å². The van der Waals surface area contributed by atoms with Crippen molar-refractivity contribution in [3.8, 4) is 5.75 Å². The van der Waals surface area contributed by atoms with Gasteiger partial charge in [0.25, 0.3) is 11.5 Å². The van der Waals surface area contributed by atoms with Crippen LogP contribution < -0.4 is 15.2 Å². The van der Waals surface area contributed by atoms with Gasteiger partial charge in [-0.3, -0.25) is 14.5 Å². The number of urea groups is 1. The average Bonchev–Trinajstić information content (AvgIpc) is 3.71. The highest BCUT2D eigenvalue weighted by Crippen LogP contribution is 2.43. The second-order valence-corrected chi connectivity index (χ2v) is 13.4. The van der Waals surface area contributed by atoms with E-state index in [9.17, 15) is 23.2 Å². The standard InChI is InChI=1S/C30H27Cl3F2N4O4S/c1-15-8-9-38(18-6-7-18)29(42)39(15)21-10-16-13-37(14-17(16)11-22(21)43-2)28(41)25-23(12-24(30(33,34)35)36-27(25)40)44-26-19(31)4-3-5-20(26)32/h3-5,10-12,15,18H,6-9,13-14H2,1-2H3,(H,36,40). The van der Waals surface area contributed by atoms with E-state index < -0.39 is 22.5 Å². The van der Waals surface area contributed by atoms with Gasteiger partial charge >= 0.3 is 11.4 Å². The lowest BCUT2D eigenvalue weighted by molar-refractivity contribution is 0.0740. The first-order chi connectivity index (χ1) is 20.9. The molecule has 3 heterocycles. The molecule has 0 bridgehead atoms. The van der Waals surface area contributed by atoms with Gasteiger partial charge in [-0.15, -0.1) is 0 Å². The van der Waals surface area contributed by atoms with Crippen molar-refractivity contribution in [2.24, 2.45) is 0 Å². The number of alkyl halides is 3. The van der Waals surface area contributed by atoms with E-state index in [-0.39, 0.29) is 51.7 Å². The van der Waals surface area contributed by atoms with Crippen molar-refractivity contribution in [3.63, 3.8) is 0 Å². The third-order valence-corrected chi connectivity index (χ3v) is 10.3. The predicted molar refractivity (Wildman–Crippen MR) is 166 cm³/mol. The van der Waals surface area contributed by atoms with E-state index in [2.05, 4.69) is 4.98 Å². The van der Waals surface area contributed by atoms with Crippen LogP contribution in [0.2, 0.25) is 10.0 Å². The van der Waals surface area contributed by atoms with Gasteiger partial charge in [-0.1, -0.05) is 41.0 Å². The zero-order valence-electron chi connectivity index (χ0n) is 23.6. The molecule has 6 rings (SSSR count). The van der Waals surface area contributed by atoms with Crippen LogP contribution in [-0.4, -0.2) is 52.5 Å². The van der Waals surface area contributed by atoms with Crippen LogP contribution in [0.25, 0.3) is 0 Å². The summed E-state index contributed by atoms with van der Waals surface area (Å²) in [7, 11) is 1.53. The molecule has 14 heteroatoms. The van der Waals surface area contributed by atoms with Crippen molar-refractivity contribution in [2.75, 3.05) is 18.6 Å². The molecule has 0 radical (unpaired) electrons. The molecule has 1 atom stereocenters. The summed E-state index contributed by atoms with van der Waals surface area (Å²) in [5.74, 6) is -0.188. The molecule has 2 fully saturated rings. The summed E-state index contributed by atoms with van der Waals surface area (Å²) >= 11 is 18.7. The number of hydrogen-bond acceptors (Lipinski definition) is 5. The number of amides is 3. The minimum Gasteiger partial charge on any atom is -0.495 e. The summed E-state index contributed by atoms with van der Waals surface area (Å²) in [5.41, 5.74) is -0.0815. The number of anilines is 1. The molecule has 44 heavy (non-hydrogen) atoms. The lowest BCUT2D eigenvalue weighted by Crippen LogP contribution is -2.54. The monoisotopic (exact) mass is 682 g/mol. The average molecular weight is 684 g/mol. The minimum atomic E-state index is -3.89. The number of fused-ring (bicyclic) bond motifs is 1. The molecule has 3 aliphatic rings. The molecule has 1 saturated carbocycles. The molecule has 3 amide bonds. The second kappa shape index (κ2) is 11.7. The Morgan fingerprint density at radius 2 is 1.73 bits per heavy atom. The number of hydrogen-bond donors (Lipinski definition) is 1. The molecule has 1 unspecified atom stereocenters. The molecular formula is C30H27Cl3F2N4O4S. The number of carbonyl (C=O) groups excluding carboxylic acids is 2. The quantitative estimate of drug-likeness (QED) is 0.261. The number of halogens is 5. The Labute approximate surface area is 271 Å². The Balaban J connectivity index is 1.35. The fraction of sp³-hybridized carbons (Fsp3) is 0.367. The molecule has 1 saturated heterocycles. The number of rotatable bonds is 7. The third kappa shape index (κ3) is 5.75. The van der Waals surface area contributed by atoms with Crippen LogP contribution in [0.3, 0.4) is 0 Å².